The largest absolute Gasteiger partial charge is 0.492 e. The van der Waals surface area contributed by atoms with Crippen LogP contribution in [0.15, 0.2) is 54.7 Å². The second-order valence-corrected chi connectivity index (χ2v) is 9.04. The van der Waals surface area contributed by atoms with Crippen molar-refractivity contribution in [3.63, 3.8) is 0 Å². The van der Waals surface area contributed by atoms with E-state index in [0.717, 1.165) is 29.0 Å². The molecule has 4 aromatic rings. The third-order valence-corrected chi connectivity index (χ3v) is 6.68. The minimum absolute atomic E-state index is 0.0407. The van der Waals surface area contributed by atoms with E-state index in [0.29, 0.717) is 34.7 Å². The lowest BCUT2D eigenvalue weighted by Gasteiger charge is -2.23. The molecular formula is C27H25FN6O2. The molecule has 0 saturated carbocycles. The maximum Gasteiger partial charge on any atom is 0.255 e. The summed E-state index contributed by atoms with van der Waals surface area (Å²) in [6, 6.07) is 10.4. The molecule has 8 nitrogen and oxygen atoms in total. The normalized spacial score (nSPS) is 19.5. The van der Waals surface area contributed by atoms with Gasteiger partial charge in [-0.25, -0.2) is 9.37 Å². The summed E-state index contributed by atoms with van der Waals surface area (Å²) in [6.07, 6.45) is 6.68. The summed E-state index contributed by atoms with van der Waals surface area (Å²) < 4.78 is 19.9. The number of aromatic amines is 1. The first-order valence-corrected chi connectivity index (χ1v) is 11.9. The molecule has 0 radical (unpaired) electrons. The first kappa shape index (κ1) is 22.1. The van der Waals surface area contributed by atoms with Gasteiger partial charge in [0.15, 0.2) is 11.6 Å². The summed E-state index contributed by atoms with van der Waals surface area (Å²) in [4.78, 5) is 26.1. The molecule has 4 N–H and O–H groups in total. The van der Waals surface area contributed by atoms with E-state index in [4.69, 9.17) is 9.72 Å². The molecule has 9 heteroatoms. The number of allylic oxidation sites excluding steroid dienone is 1. The van der Waals surface area contributed by atoms with Crippen LogP contribution in [0.2, 0.25) is 0 Å². The van der Waals surface area contributed by atoms with Crippen LogP contribution >= 0.6 is 0 Å². The Labute approximate surface area is 207 Å². The molecule has 0 fully saturated rings. The minimum atomic E-state index is -0.496. The van der Waals surface area contributed by atoms with Crippen molar-refractivity contribution in [2.75, 3.05) is 24.3 Å². The van der Waals surface area contributed by atoms with Gasteiger partial charge in [-0.2, -0.15) is 0 Å². The highest BCUT2D eigenvalue weighted by Crippen LogP contribution is 2.43. The fraction of sp³-hybridized carbons (Fsp3) is 0.222. The number of carbonyl (C=O) groups is 1. The van der Waals surface area contributed by atoms with E-state index in [2.05, 4.69) is 45.0 Å². The Kier molecular flexibility index (Phi) is 5.32. The van der Waals surface area contributed by atoms with Gasteiger partial charge in [-0.15, -0.1) is 0 Å². The highest BCUT2D eigenvalue weighted by Gasteiger charge is 2.33. The van der Waals surface area contributed by atoms with Gasteiger partial charge in [-0.3, -0.25) is 9.78 Å². The van der Waals surface area contributed by atoms with Gasteiger partial charge in [0.25, 0.3) is 5.91 Å². The number of benzene rings is 1. The van der Waals surface area contributed by atoms with Gasteiger partial charge in [0.05, 0.1) is 35.3 Å². The number of halogens is 1. The first-order valence-electron chi connectivity index (χ1n) is 11.9. The Morgan fingerprint density at radius 1 is 1.19 bits per heavy atom. The van der Waals surface area contributed by atoms with Crippen LogP contribution in [0.4, 0.5) is 21.6 Å². The topological polar surface area (TPSA) is 104 Å². The lowest BCUT2D eigenvalue weighted by atomic mass is 9.93. The number of methoxy groups -OCH3 is 1. The maximum atomic E-state index is 14.5. The Hall–Kier alpha value is -4.40. The number of amides is 1. The zero-order valence-electron chi connectivity index (χ0n) is 19.9. The van der Waals surface area contributed by atoms with Gasteiger partial charge < -0.3 is 25.7 Å². The molecule has 2 atom stereocenters. The van der Waals surface area contributed by atoms with Crippen LogP contribution in [0.3, 0.4) is 0 Å². The van der Waals surface area contributed by atoms with Crippen LogP contribution in [-0.4, -0.2) is 40.6 Å². The molecule has 1 aromatic carbocycles. The zero-order valence-corrected chi connectivity index (χ0v) is 19.9. The molecule has 0 aliphatic carbocycles. The lowest BCUT2D eigenvalue weighted by molar-refractivity contribution is 0.0941. The number of pyridine rings is 2. The predicted molar refractivity (Wildman–Crippen MR) is 137 cm³/mol. The van der Waals surface area contributed by atoms with Gasteiger partial charge in [0.1, 0.15) is 11.3 Å². The number of carbonyl (C=O) groups excluding carboxylic acids is 1. The van der Waals surface area contributed by atoms with Crippen molar-refractivity contribution in [3.05, 3.63) is 71.8 Å². The van der Waals surface area contributed by atoms with Crippen molar-refractivity contribution in [2.45, 2.75) is 25.3 Å². The highest BCUT2D eigenvalue weighted by atomic mass is 19.1. The van der Waals surface area contributed by atoms with Gasteiger partial charge in [0.2, 0.25) is 0 Å². The zero-order chi connectivity index (χ0) is 24.8. The van der Waals surface area contributed by atoms with Crippen molar-refractivity contribution >= 4 is 34.1 Å². The van der Waals surface area contributed by atoms with Crippen molar-refractivity contribution in [2.24, 2.45) is 0 Å². The monoisotopic (exact) mass is 484 g/mol. The van der Waals surface area contributed by atoms with Crippen LogP contribution in [0.25, 0.3) is 22.3 Å². The molecule has 5 heterocycles. The smallest absolute Gasteiger partial charge is 0.255 e. The molecule has 0 saturated heterocycles. The van der Waals surface area contributed by atoms with E-state index in [9.17, 15) is 9.18 Å². The number of nitrogens with one attached hydrogen (secondary N) is 4. The number of nitrogens with zero attached hydrogens (tertiary/aromatic N) is 2. The summed E-state index contributed by atoms with van der Waals surface area (Å²) in [5, 5.41) is 9.76. The van der Waals surface area contributed by atoms with E-state index in [-0.39, 0.29) is 23.6 Å². The number of hydrogen-bond donors (Lipinski definition) is 4. The second-order valence-electron chi connectivity index (χ2n) is 9.04. The number of H-pyrrole nitrogens is 1. The molecule has 6 rings (SSSR count). The van der Waals surface area contributed by atoms with Crippen LogP contribution in [0, 0.1) is 5.82 Å². The third-order valence-electron chi connectivity index (χ3n) is 6.68. The fourth-order valence-corrected chi connectivity index (χ4v) is 4.98. The van der Waals surface area contributed by atoms with Gasteiger partial charge in [-0.1, -0.05) is 18.2 Å². The molecule has 3 aromatic heterocycles. The molecule has 4 bridgehead atoms. The molecule has 0 spiro atoms. The summed E-state index contributed by atoms with van der Waals surface area (Å²) in [5.74, 6) is 0.146. The Morgan fingerprint density at radius 2 is 2.08 bits per heavy atom. The van der Waals surface area contributed by atoms with Crippen molar-refractivity contribution < 1.29 is 13.9 Å². The maximum absolute atomic E-state index is 14.5. The number of rotatable bonds is 3. The quantitative estimate of drug-likeness (QED) is 0.302. The minimum Gasteiger partial charge on any atom is -0.492 e. The van der Waals surface area contributed by atoms with Crippen LogP contribution in [0.5, 0.6) is 5.75 Å². The van der Waals surface area contributed by atoms with Gasteiger partial charge >= 0.3 is 0 Å². The highest BCUT2D eigenvalue weighted by molar-refractivity contribution is 6.08. The number of aromatic nitrogens is 3. The van der Waals surface area contributed by atoms with Crippen molar-refractivity contribution in [1.82, 2.24) is 20.3 Å². The standard InChI is InChI=1S/C27H25FN6O2/c1-14-5-3-6-15-13-30-27(35)21-22(15)34-24(25(21)32-19-8-4-7-17(28)26(19)36-2)16-11-12-29-18-9-10-20(31-14)33-23(16)18/h3-5,7-12,14-15,32,34H,6,13H2,1-2H3,(H,30,35)(H,31,33)/b5-3-/t14-,15+/m0/s1. The summed E-state index contributed by atoms with van der Waals surface area (Å²) in [7, 11) is 1.42. The third kappa shape index (κ3) is 3.64. The average molecular weight is 485 g/mol. The molecule has 1 amide bonds. The van der Waals surface area contributed by atoms with Crippen LogP contribution in [-0.2, 0) is 0 Å². The average Bonchev–Trinajstić information content (AvgIpc) is 3.25. The van der Waals surface area contributed by atoms with E-state index in [1.165, 1.54) is 13.2 Å². The summed E-state index contributed by atoms with van der Waals surface area (Å²) >= 11 is 0. The Morgan fingerprint density at radius 3 is 2.94 bits per heavy atom. The molecular weight excluding hydrogens is 459 g/mol. The SMILES string of the molecule is COc1c(F)cccc1Nc1c2[nH]c3c1C(=O)NC[C@H]3C/C=C\[C@H](C)Nc1ccc3nccc-2c3n1. The molecule has 2 aliphatic rings. The molecule has 0 unspecified atom stereocenters. The van der Waals surface area contributed by atoms with Gasteiger partial charge in [-0.05, 0) is 43.7 Å². The second kappa shape index (κ2) is 8.67. The van der Waals surface area contributed by atoms with E-state index >= 15 is 0 Å². The Bertz CT molecular complexity index is 1530. The molecule has 2 aliphatic heterocycles. The fourth-order valence-electron chi connectivity index (χ4n) is 4.98. The molecule has 182 valence electrons. The number of ether oxygens (including phenoxy) is 1. The van der Waals surface area contributed by atoms with E-state index in [1.807, 2.05) is 18.2 Å². The summed E-state index contributed by atoms with van der Waals surface area (Å²) in [6.45, 7) is 2.58. The van der Waals surface area contributed by atoms with E-state index in [1.54, 1.807) is 18.3 Å². The Balaban J connectivity index is 1.64. The first-order chi connectivity index (χ1) is 17.5. The lowest BCUT2D eigenvalue weighted by Crippen LogP contribution is -2.34. The van der Waals surface area contributed by atoms with Crippen molar-refractivity contribution in [3.8, 4) is 17.0 Å². The van der Waals surface area contributed by atoms with Gasteiger partial charge in [0, 0.05) is 36.0 Å². The number of fused-ring (bicyclic) bond motifs is 3. The summed E-state index contributed by atoms with van der Waals surface area (Å²) in [5.41, 5.74) is 5.16. The van der Waals surface area contributed by atoms with Crippen LogP contribution in [0.1, 0.15) is 35.3 Å². The number of hydrogen-bond acceptors (Lipinski definition) is 6. The molecule has 36 heavy (non-hydrogen) atoms. The number of anilines is 3. The van der Waals surface area contributed by atoms with E-state index < -0.39 is 5.82 Å². The van der Waals surface area contributed by atoms with Crippen molar-refractivity contribution in [1.29, 1.82) is 0 Å². The number of para-hydroxylation sites is 1. The predicted octanol–water partition coefficient (Wildman–Crippen LogP) is 5.10. The van der Waals surface area contributed by atoms with Crippen LogP contribution < -0.4 is 20.7 Å².